The Labute approximate surface area is 171 Å². The lowest BCUT2D eigenvalue weighted by molar-refractivity contribution is 0.0991. The Kier molecular flexibility index (Phi) is 5.99. The molecule has 3 heterocycles. The van der Waals surface area contributed by atoms with E-state index in [-0.39, 0.29) is 6.61 Å². The Morgan fingerprint density at radius 1 is 1.21 bits per heavy atom. The molecule has 29 heavy (non-hydrogen) atoms. The van der Waals surface area contributed by atoms with Gasteiger partial charge in [-0.15, -0.1) is 11.3 Å². The largest absolute Gasteiger partial charge is 0.497 e. The molecular formula is C20H21N5O3S. The van der Waals surface area contributed by atoms with Crippen LogP contribution in [0.1, 0.15) is 0 Å². The Hall–Kier alpha value is -3.01. The molecule has 0 aliphatic heterocycles. The average molecular weight is 411 g/mol. The molecule has 3 aromatic heterocycles. The molecule has 0 aliphatic carbocycles. The van der Waals surface area contributed by atoms with Crippen molar-refractivity contribution < 1.29 is 14.6 Å². The van der Waals surface area contributed by atoms with E-state index in [4.69, 9.17) is 19.6 Å². The first-order valence-electron chi connectivity index (χ1n) is 9.16. The van der Waals surface area contributed by atoms with Gasteiger partial charge in [-0.25, -0.2) is 15.0 Å². The maximum Gasteiger partial charge on any atom is 0.223 e. The third-order valence-corrected chi connectivity index (χ3v) is 5.03. The van der Waals surface area contributed by atoms with E-state index >= 15 is 0 Å². The summed E-state index contributed by atoms with van der Waals surface area (Å²) in [7, 11) is 1.65. The van der Waals surface area contributed by atoms with E-state index in [1.807, 2.05) is 46.3 Å². The number of hydrogen-bond acceptors (Lipinski definition) is 8. The Balaban J connectivity index is 1.68. The number of aliphatic hydroxyl groups excluding tert-OH is 1. The lowest BCUT2D eigenvalue weighted by Crippen LogP contribution is -2.13. The molecule has 9 heteroatoms. The van der Waals surface area contributed by atoms with Gasteiger partial charge in [0.2, 0.25) is 5.95 Å². The van der Waals surface area contributed by atoms with Gasteiger partial charge >= 0.3 is 0 Å². The summed E-state index contributed by atoms with van der Waals surface area (Å²) in [6.07, 6.45) is 3.71. The molecule has 0 fully saturated rings. The minimum atomic E-state index is 0.0108. The third-order valence-electron chi connectivity index (χ3n) is 4.27. The molecule has 0 amide bonds. The highest BCUT2D eigenvalue weighted by Crippen LogP contribution is 2.34. The molecule has 0 bridgehead atoms. The summed E-state index contributed by atoms with van der Waals surface area (Å²) in [5.74, 6) is 1.29. The number of aliphatic hydroxyl groups is 1. The quantitative estimate of drug-likeness (QED) is 0.409. The fraction of sp³-hybridized carbons (Fsp3) is 0.250. The minimum Gasteiger partial charge on any atom is -0.497 e. The summed E-state index contributed by atoms with van der Waals surface area (Å²) in [6, 6.07) is 9.71. The first-order valence-corrected chi connectivity index (χ1v) is 10.0. The number of ether oxygens (including phenoxy) is 2. The van der Waals surface area contributed by atoms with Gasteiger partial charge in [-0.05, 0) is 18.2 Å². The molecule has 4 rings (SSSR count). The number of thiazole rings is 1. The van der Waals surface area contributed by atoms with Crippen molar-refractivity contribution in [2.75, 3.05) is 38.8 Å². The molecule has 8 nitrogen and oxygen atoms in total. The Bertz CT molecular complexity index is 1090. The normalized spacial score (nSPS) is 11.1. The predicted octanol–water partition coefficient (Wildman–Crippen LogP) is 2.95. The molecule has 0 saturated heterocycles. The fourth-order valence-electron chi connectivity index (χ4n) is 2.98. The van der Waals surface area contributed by atoms with Crippen LogP contribution in [0.3, 0.4) is 0 Å². The van der Waals surface area contributed by atoms with Gasteiger partial charge in [-0.1, -0.05) is 12.1 Å². The zero-order valence-corrected chi connectivity index (χ0v) is 16.7. The standard InChI is InChI=1S/C20H21N5O3S/c1-27-15-4-2-3-14(13-15)17-18(25-8-12-29-20(25)24-17)16-5-6-21-19(23-16)22-7-10-28-11-9-26/h2-6,8,12-13,26H,7,9-11H2,1H3,(H,21,22,23). The van der Waals surface area contributed by atoms with Crippen LogP contribution >= 0.6 is 11.3 Å². The zero-order chi connectivity index (χ0) is 20.1. The molecule has 2 N–H and O–H groups in total. The van der Waals surface area contributed by atoms with Crippen LogP contribution in [0, 0.1) is 0 Å². The van der Waals surface area contributed by atoms with Crippen molar-refractivity contribution in [3.05, 3.63) is 48.1 Å². The van der Waals surface area contributed by atoms with Gasteiger partial charge in [0, 0.05) is 29.9 Å². The van der Waals surface area contributed by atoms with Crippen molar-refractivity contribution in [3.8, 4) is 28.4 Å². The summed E-state index contributed by atoms with van der Waals surface area (Å²) < 4.78 is 12.7. The third kappa shape index (κ3) is 4.21. The Morgan fingerprint density at radius 3 is 3.00 bits per heavy atom. The monoisotopic (exact) mass is 411 g/mol. The second-order valence-corrected chi connectivity index (χ2v) is 7.00. The molecule has 0 aliphatic rings. The number of benzene rings is 1. The van der Waals surface area contributed by atoms with Crippen molar-refractivity contribution in [2.24, 2.45) is 0 Å². The minimum absolute atomic E-state index is 0.0108. The number of anilines is 1. The van der Waals surface area contributed by atoms with Crippen LogP contribution in [0.15, 0.2) is 48.1 Å². The number of aromatic nitrogens is 4. The number of rotatable bonds is 9. The van der Waals surface area contributed by atoms with E-state index in [0.29, 0.717) is 25.7 Å². The molecule has 0 unspecified atom stereocenters. The topological polar surface area (TPSA) is 93.8 Å². The summed E-state index contributed by atoms with van der Waals surface area (Å²) in [4.78, 5) is 14.7. The second-order valence-electron chi connectivity index (χ2n) is 6.12. The van der Waals surface area contributed by atoms with Crippen molar-refractivity contribution in [1.82, 2.24) is 19.4 Å². The van der Waals surface area contributed by atoms with Gasteiger partial charge in [-0.2, -0.15) is 0 Å². The number of fused-ring (bicyclic) bond motifs is 1. The Morgan fingerprint density at radius 2 is 2.14 bits per heavy atom. The van der Waals surface area contributed by atoms with Crippen LogP contribution in [0.25, 0.3) is 27.6 Å². The van der Waals surface area contributed by atoms with Gasteiger partial charge in [0.1, 0.15) is 11.4 Å². The summed E-state index contributed by atoms with van der Waals surface area (Å²) >= 11 is 1.57. The van der Waals surface area contributed by atoms with E-state index in [1.165, 1.54) is 0 Å². The lowest BCUT2D eigenvalue weighted by Gasteiger charge is -2.08. The maximum atomic E-state index is 8.76. The van der Waals surface area contributed by atoms with Gasteiger partial charge in [0.05, 0.1) is 38.3 Å². The van der Waals surface area contributed by atoms with E-state index in [9.17, 15) is 0 Å². The highest BCUT2D eigenvalue weighted by atomic mass is 32.1. The van der Waals surface area contributed by atoms with Crippen molar-refractivity contribution in [2.45, 2.75) is 0 Å². The molecule has 0 radical (unpaired) electrons. The average Bonchev–Trinajstić information content (AvgIpc) is 3.35. The summed E-state index contributed by atoms with van der Waals surface area (Å²) in [5, 5.41) is 13.9. The van der Waals surface area contributed by atoms with Gasteiger partial charge in [-0.3, -0.25) is 4.40 Å². The van der Waals surface area contributed by atoms with Crippen LogP contribution in [0.4, 0.5) is 5.95 Å². The van der Waals surface area contributed by atoms with Crippen molar-refractivity contribution in [3.63, 3.8) is 0 Å². The zero-order valence-electron chi connectivity index (χ0n) is 15.9. The molecule has 0 atom stereocenters. The molecule has 0 saturated carbocycles. The summed E-state index contributed by atoms with van der Waals surface area (Å²) in [6.45, 7) is 1.34. The van der Waals surface area contributed by atoms with Crippen LogP contribution in [0.2, 0.25) is 0 Å². The van der Waals surface area contributed by atoms with Gasteiger partial charge < -0.3 is 19.9 Å². The molecule has 1 aromatic carbocycles. The lowest BCUT2D eigenvalue weighted by atomic mass is 10.1. The highest BCUT2D eigenvalue weighted by molar-refractivity contribution is 7.15. The smallest absolute Gasteiger partial charge is 0.223 e. The van der Waals surface area contributed by atoms with Crippen LogP contribution in [-0.2, 0) is 4.74 Å². The van der Waals surface area contributed by atoms with E-state index < -0.39 is 0 Å². The summed E-state index contributed by atoms with van der Waals surface area (Å²) in [5.41, 5.74) is 3.46. The number of imidazole rings is 1. The first-order chi connectivity index (χ1) is 14.3. The fourth-order valence-corrected chi connectivity index (χ4v) is 3.69. The van der Waals surface area contributed by atoms with E-state index in [2.05, 4.69) is 15.3 Å². The predicted molar refractivity (Wildman–Crippen MR) is 112 cm³/mol. The van der Waals surface area contributed by atoms with Crippen LogP contribution < -0.4 is 10.1 Å². The van der Waals surface area contributed by atoms with Crippen LogP contribution in [0.5, 0.6) is 5.75 Å². The number of methoxy groups -OCH3 is 1. The maximum absolute atomic E-state index is 8.76. The molecule has 4 aromatic rings. The van der Waals surface area contributed by atoms with Gasteiger partial charge in [0.25, 0.3) is 0 Å². The second kappa shape index (κ2) is 8.99. The van der Waals surface area contributed by atoms with Gasteiger partial charge in [0.15, 0.2) is 4.96 Å². The molecule has 150 valence electrons. The number of hydrogen-bond donors (Lipinski definition) is 2. The SMILES string of the molecule is COc1cccc(-c2nc3sccn3c2-c2ccnc(NCCOCCO)n2)c1. The van der Waals surface area contributed by atoms with E-state index in [0.717, 1.165) is 33.4 Å². The highest BCUT2D eigenvalue weighted by Gasteiger charge is 2.18. The van der Waals surface area contributed by atoms with E-state index in [1.54, 1.807) is 24.6 Å². The van der Waals surface area contributed by atoms with Crippen molar-refractivity contribution in [1.29, 1.82) is 0 Å². The number of nitrogens with zero attached hydrogens (tertiary/aromatic N) is 4. The molecular weight excluding hydrogens is 390 g/mol. The molecule has 0 spiro atoms. The van der Waals surface area contributed by atoms with Crippen molar-refractivity contribution >= 4 is 22.2 Å². The first kappa shape index (κ1) is 19.3. The van der Waals surface area contributed by atoms with Crippen LogP contribution in [-0.4, -0.2) is 57.9 Å². The number of nitrogens with one attached hydrogen (secondary N) is 1.